The molecule has 0 aromatic heterocycles. The van der Waals surface area contributed by atoms with E-state index in [0.717, 1.165) is 6.54 Å². The van der Waals surface area contributed by atoms with Gasteiger partial charge in [-0.15, -0.1) is 0 Å². The van der Waals surface area contributed by atoms with E-state index in [2.05, 4.69) is 12.2 Å². The van der Waals surface area contributed by atoms with Gasteiger partial charge in [-0.1, -0.05) is 6.92 Å². The number of hydrogen-bond donors (Lipinski definition) is 2. The van der Waals surface area contributed by atoms with Crippen LogP contribution in [0.5, 0.6) is 0 Å². The highest BCUT2D eigenvalue weighted by atomic mass is 16.4. The summed E-state index contributed by atoms with van der Waals surface area (Å²) in [6.07, 6.45) is 2.96. The predicted molar refractivity (Wildman–Crippen MR) is 60.2 cm³/mol. The van der Waals surface area contributed by atoms with Crippen molar-refractivity contribution < 1.29 is 14.7 Å². The summed E-state index contributed by atoms with van der Waals surface area (Å²) >= 11 is 0. The second-order valence-corrected chi connectivity index (χ2v) is 4.89. The van der Waals surface area contributed by atoms with Crippen LogP contribution in [0.4, 0.5) is 4.79 Å². The lowest BCUT2D eigenvalue weighted by Crippen LogP contribution is -2.40. The molecule has 92 valence electrons. The summed E-state index contributed by atoms with van der Waals surface area (Å²) in [6, 6.07) is -0.112. The van der Waals surface area contributed by atoms with E-state index in [0.29, 0.717) is 18.4 Å². The summed E-state index contributed by atoms with van der Waals surface area (Å²) in [5.74, 6) is -0.820. The Bertz CT molecular complexity index is 274. The van der Waals surface area contributed by atoms with Gasteiger partial charge in [0.2, 0.25) is 0 Å². The van der Waals surface area contributed by atoms with Crippen molar-refractivity contribution in [1.82, 2.24) is 10.2 Å². The largest absolute Gasteiger partial charge is 0.481 e. The Morgan fingerprint density at radius 3 is 2.56 bits per heavy atom. The predicted octanol–water partition coefficient (Wildman–Crippen LogP) is 1.29. The summed E-state index contributed by atoms with van der Waals surface area (Å²) in [4.78, 5) is 23.4. The zero-order valence-electron chi connectivity index (χ0n) is 9.95. The number of carbonyl (C=O) groups is 2. The zero-order valence-corrected chi connectivity index (χ0v) is 9.95. The average molecular weight is 228 g/mol. The third-order valence-electron chi connectivity index (χ3n) is 3.00. The number of amides is 2. The minimum absolute atomic E-state index is 0.106. The molecule has 2 N–H and O–H groups in total. The molecule has 1 saturated carbocycles. The van der Waals surface area contributed by atoms with Gasteiger partial charge < -0.3 is 15.3 Å². The Hall–Kier alpha value is -1.26. The van der Waals surface area contributed by atoms with Crippen molar-refractivity contribution >= 4 is 12.0 Å². The number of hydrogen-bond acceptors (Lipinski definition) is 2. The number of carboxylic acid groups (broad SMARTS) is 1. The molecular formula is C11H20N2O3. The van der Waals surface area contributed by atoms with Gasteiger partial charge in [-0.05, 0) is 24.7 Å². The smallest absolute Gasteiger partial charge is 0.317 e. The van der Waals surface area contributed by atoms with Crippen LogP contribution in [0.1, 0.15) is 32.6 Å². The van der Waals surface area contributed by atoms with E-state index >= 15 is 0 Å². The molecule has 0 atom stereocenters. The Labute approximate surface area is 95.8 Å². The molecule has 0 spiro atoms. The van der Waals surface area contributed by atoms with Gasteiger partial charge in [0.1, 0.15) is 0 Å². The average Bonchev–Trinajstić information content (AvgIpc) is 2.93. The Kier molecular flexibility index (Phi) is 4.15. The molecule has 16 heavy (non-hydrogen) atoms. The van der Waals surface area contributed by atoms with E-state index in [4.69, 9.17) is 5.11 Å². The summed E-state index contributed by atoms with van der Waals surface area (Å²) in [6.45, 7) is 3.35. The second kappa shape index (κ2) is 5.18. The SMILES string of the molecule is CN(CCCC(=O)O)C(=O)NCC1(C)CC1. The summed E-state index contributed by atoms with van der Waals surface area (Å²) in [5.41, 5.74) is 0.303. The molecule has 1 fully saturated rings. The first-order valence-electron chi connectivity index (χ1n) is 5.64. The first-order chi connectivity index (χ1) is 7.43. The van der Waals surface area contributed by atoms with E-state index in [-0.39, 0.29) is 12.5 Å². The molecule has 1 aliphatic carbocycles. The number of urea groups is 1. The maximum atomic E-state index is 11.6. The van der Waals surface area contributed by atoms with E-state index in [9.17, 15) is 9.59 Å². The lowest BCUT2D eigenvalue weighted by Gasteiger charge is -2.19. The number of nitrogens with one attached hydrogen (secondary N) is 1. The molecule has 5 heteroatoms. The molecule has 5 nitrogen and oxygen atoms in total. The number of carboxylic acids is 1. The fourth-order valence-corrected chi connectivity index (χ4v) is 1.38. The van der Waals surface area contributed by atoms with Crippen LogP contribution in [0.15, 0.2) is 0 Å². The van der Waals surface area contributed by atoms with Crippen molar-refractivity contribution in [2.24, 2.45) is 5.41 Å². The quantitative estimate of drug-likeness (QED) is 0.719. The van der Waals surface area contributed by atoms with Crippen LogP contribution in [-0.2, 0) is 4.79 Å². The van der Waals surface area contributed by atoms with Crippen molar-refractivity contribution in [2.75, 3.05) is 20.1 Å². The number of carbonyl (C=O) groups excluding carboxylic acids is 1. The lowest BCUT2D eigenvalue weighted by molar-refractivity contribution is -0.137. The van der Waals surface area contributed by atoms with E-state index in [1.807, 2.05) is 0 Å². The van der Waals surface area contributed by atoms with Crippen molar-refractivity contribution in [1.29, 1.82) is 0 Å². The zero-order chi connectivity index (χ0) is 12.2. The third kappa shape index (κ3) is 4.51. The first kappa shape index (κ1) is 12.8. The molecule has 0 aromatic rings. The fraction of sp³-hybridized carbons (Fsp3) is 0.818. The van der Waals surface area contributed by atoms with Gasteiger partial charge in [0.15, 0.2) is 0 Å². The molecule has 0 radical (unpaired) electrons. The van der Waals surface area contributed by atoms with Gasteiger partial charge in [0, 0.05) is 26.6 Å². The fourth-order valence-electron chi connectivity index (χ4n) is 1.38. The standard InChI is InChI=1S/C11H20N2O3/c1-11(5-6-11)8-12-10(16)13(2)7-3-4-9(14)15/h3-8H2,1-2H3,(H,12,16)(H,14,15). The minimum Gasteiger partial charge on any atom is -0.481 e. The highest BCUT2D eigenvalue weighted by Crippen LogP contribution is 2.43. The summed E-state index contributed by atoms with van der Waals surface area (Å²) < 4.78 is 0. The van der Waals surface area contributed by atoms with Crippen LogP contribution >= 0.6 is 0 Å². The Balaban J connectivity index is 2.12. The number of rotatable bonds is 6. The van der Waals surface area contributed by atoms with Gasteiger partial charge in [-0.25, -0.2) is 4.79 Å². The highest BCUT2D eigenvalue weighted by molar-refractivity contribution is 5.74. The molecule has 0 aliphatic heterocycles. The normalized spacial score (nSPS) is 16.6. The van der Waals surface area contributed by atoms with Gasteiger partial charge in [0.25, 0.3) is 0 Å². The van der Waals surface area contributed by atoms with E-state index in [1.165, 1.54) is 17.7 Å². The topological polar surface area (TPSA) is 69.6 Å². The summed E-state index contributed by atoms with van der Waals surface area (Å²) in [5, 5.41) is 11.3. The monoisotopic (exact) mass is 228 g/mol. The molecule has 0 unspecified atom stereocenters. The first-order valence-corrected chi connectivity index (χ1v) is 5.64. The maximum absolute atomic E-state index is 11.6. The molecule has 0 saturated heterocycles. The number of aliphatic carboxylic acids is 1. The van der Waals surface area contributed by atoms with Gasteiger partial charge in [-0.2, -0.15) is 0 Å². The molecule has 2 amide bonds. The van der Waals surface area contributed by atoms with Gasteiger partial charge in [-0.3, -0.25) is 4.79 Å². The molecule has 1 aliphatic rings. The third-order valence-corrected chi connectivity index (χ3v) is 3.00. The van der Waals surface area contributed by atoms with Crippen LogP contribution < -0.4 is 5.32 Å². The van der Waals surface area contributed by atoms with Crippen molar-refractivity contribution in [3.05, 3.63) is 0 Å². The van der Waals surface area contributed by atoms with Crippen molar-refractivity contribution in [3.8, 4) is 0 Å². The van der Waals surface area contributed by atoms with Gasteiger partial charge >= 0.3 is 12.0 Å². The van der Waals surface area contributed by atoms with Crippen molar-refractivity contribution in [3.63, 3.8) is 0 Å². The second-order valence-electron chi connectivity index (χ2n) is 4.89. The van der Waals surface area contributed by atoms with E-state index in [1.54, 1.807) is 7.05 Å². The molecule has 0 bridgehead atoms. The maximum Gasteiger partial charge on any atom is 0.317 e. The van der Waals surface area contributed by atoms with Crippen LogP contribution in [0.25, 0.3) is 0 Å². The van der Waals surface area contributed by atoms with Crippen molar-refractivity contribution in [2.45, 2.75) is 32.6 Å². The number of nitrogens with zero attached hydrogens (tertiary/aromatic N) is 1. The Morgan fingerprint density at radius 2 is 2.06 bits per heavy atom. The Morgan fingerprint density at radius 1 is 1.44 bits per heavy atom. The van der Waals surface area contributed by atoms with Crippen LogP contribution in [0.3, 0.4) is 0 Å². The van der Waals surface area contributed by atoms with E-state index < -0.39 is 5.97 Å². The highest BCUT2D eigenvalue weighted by Gasteiger charge is 2.37. The van der Waals surface area contributed by atoms with Crippen LogP contribution in [-0.4, -0.2) is 42.1 Å². The molecular weight excluding hydrogens is 208 g/mol. The summed E-state index contributed by atoms with van der Waals surface area (Å²) in [7, 11) is 1.69. The minimum atomic E-state index is -0.820. The van der Waals surface area contributed by atoms with Crippen LogP contribution in [0.2, 0.25) is 0 Å². The van der Waals surface area contributed by atoms with Gasteiger partial charge in [0.05, 0.1) is 0 Å². The molecule has 1 rings (SSSR count). The lowest BCUT2D eigenvalue weighted by atomic mass is 10.1. The molecule has 0 aromatic carbocycles. The van der Waals surface area contributed by atoms with Crippen LogP contribution in [0, 0.1) is 5.41 Å². The molecule has 0 heterocycles.